The van der Waals surface area contributed by atoms with E-state index >= 15 is 0 Å². The van der Waals surface area contributed by atoms with E-state index in [1.807, 2.05) is 0 Å². The van der Waals surface area contributed by atoms with Crippen LogP contribution in [0.15, 0.2) is 17.3 Å². The summed E-state index contributed by atoms with van der Waals surface area (Å²) in [5.41, 5.74) is 0.0262. The number of fused-ring (bicyclic) bond motifs is 2. The van der Waals surface area contributed by atoms with Crippen molar-refractivity contribution in [1.82, 2.24) is 24.6 Å². The van der Waals surface area contributed by atoms with Gasteiger partial charge in [-0.1, -0.05) is 0 Å². The van der Waals surface area contributed by atoms with Crippen LogP contribution >= 0.6 is 0 Å². The molecule has 4 rings (SSSR count). The van der Waals surface area contributed by atoms with Crippen molar-refractivity contribution in [2.24, 2.45) is 11.8 Å². The Morgan fingerprint density at radius 2 is 2.25 bits per heavy atom. The molecule has 0 aromatic carbocycles. The number of carbonyl (C=O) groups is 2. The van der Waals surface area contributed by atoms with Crippen LogP contribution in [0.4, 0.5) is 0 Å². The second-order valence-corrected chi connectivity index (χ2v) is 6.05. The van der Waals surface area contributed by atoms with Gasteiger partial charge in [-0.2, -0.15) is 5.10 Å². The van der Waals surface area contributed by atoms with Gasteiger partial charge in [0.25, 0.3) is 5.56 Å². The number of carboxylic acids is 1. The van der Waals surface area contributed by atoms with Crippen molar-refractivity contribution in [3.8, 4) is 0 Å². The zero-order valence-corrected chi connectivity index (χ0v) is 12.6. The Balaban J connectivity index is 1.50. The smallest absolute Gasteiger partial charge is 0.309 e. The first kappa shape index (κ1) is 14.8. The van der Waals surface area contributed by atoms with Crippen LogP contribution in [0.1, 0.15) is 0 Å². The van der Waals surface area contributed by atoms with Crippen LogP contribution in [0.2, 0.25) is 0 Å². The van der Waals surface area contributed by atoms with Gasteiger partial charge in [0.1, 0.15) is 11.9 Å². The molecule has 2 aliphatic rings. The molecule has 2 N–H and O–H groups in total. The van der Waals surface area contributed by atoms with Gasteiger partial charge in [-0.3, -0.25) is 14.4 Å². The van der Waals surface area contributed by atoms with E-state index in [-0.39, 0.29) is 36.6 Å². The number of carboxylic acid groups (broad SMARTS) is 1. The Hall–Kier alpha value is -2.75. The van der Waals surface area contributed by atoms with Crippen molar-refractivity contribution < 1.29 is 19.4 Å². The molecular weight excluding hydrogens is 318 g/mol. The summed E-state index contributed by atoms with van der Waals surface area (Å²) >= 11 is 0. The summed E-state index contributed by atoms with van der Waals surface area (Å²) in [5.74, 6) is -1.84. The van der Waals surface area contributed by atoms with Crippen LogP contribution in [0.3, 0.4) is 0 Å². The normalized spacial score (nSPS) is 26.0. The average Bonchev–Trinajstić information content (AvgIpc) is 3.21. The summed E-state index contributed by atoms with van der Waals surface area (Å²) in [5, 5.41) is 13.6. The highest BCUT2D eigenvalue weighted by Gasteiger charge is 2.48. The number of carbonyl (C=O) groups excluding carboxylic acids is 1. The van der Waals surface area contributed by atoms with Gasteiger partial charge in [0, 0.05) is 19.0 Å². The predicted octanol–water partition coefficient (Wildman–Crippen LogP) is -1.32. The minimum absolute atomic E-state index is 0.0584. The van der Waals surface area contributed by atoms with E-state index in [0.717, 1.165) is 0 Å². The van der Waals surface area contributed by atoms with E-state index in [1.54, 1.807) is 4.90 Å². The van der Waals surface area contributed by atoms with Gasteiger partial charge in [-0.05, 0) is 0 Å². The number of nitrogens with one attached hydrogen (secondary N) is 1. The van der Waals surface area contributed by atoms with Crippen molar-refractivity contribution in [2.75, 3.05) is 19.7 Å². The maximum atomic E-state index is 12.5. The molecule has 126 valence electrons. The zero-order valence-electron chi connectivity index (χ0n) is 12.6. The first-order valence-electron chi connectivity index (χ1n) is 7.56. The fourth-order valence-corrected chi connectivity index (χ4v) is 3.42. The number of likely N-dealkylation sites (tertiary alicyclic amines) is 1. The van der Waals surface area contributed by atoms with Crippen LogP contribution < -0.4 is 5.56 Å². The number of aliphatic carboxylic acids is 1. The largest absolute Gasteiger partial charge is 0.481 e. The molecule has 0 saturated carbocycles. The van der Waals surface area contributed by atoms with E-state index in [2.05, 4.69) is 15.1 Å². The molecule has 2 aromatic heterocycles. The number of H-pyrrole nitrogens is 1. The van der Waals surface area contributed by atoms with Gasteiger partial charge >= 0.3 is 5.97 Å². The molecule has 3 atom stereocenters. The fourth-order valence-electron chi connectivity index (χ4n) is 3.42. The summed E-state index contributed by atoms with van der Waals surface area (Å²) < 4.78 is 6.87. The molecule has 4 heterocycles. The van der Waals surface area contributed by atoms with Crippen molar-refractivity contribution in [1.29, 1.82) is 0 Å². The number of hydrogen-bond acceptors (Lipinski definition) is 6. The molecule has 2 fully saturated rings. The van der Waals surface area contributed by atoms with E-state index < -0.39 is 11.9 Å². The fraction of sp³-hybridized carbons (Fsp3) is 0.500. The van der Waals surface area contributed by atoms with E-state index in [0.29, 0.717) is 24.1 Å². The highest BCUT2D eigenvalue weighted by Crippen LogP contribution is 2.33. The molecule has 2 saturated heterocycles. The number of hydrogen-bond donors (Lipinski definition) is 2. The molecule has 0 unspecified atom stereocenters. The lowest BCUT2D eigenvalue weighted by Gasteiger charge is -2.18. The predicted molar refractivity (Wildman–Crippen MR) is 79.1 cm³/mol. The maximum absolute atomic E-state index is 12.5. The highest BCUT2D eigenvalue weighted by atomic mass is 16.5. The summed E-state index contributed by atoms with van der Waals surface area (Å²) in [6, 6.07) is 0. The minimum atomic E-state index is -0.890. The summed E-state index contributed by atoms with van der Waals surface area (Å²) in [7, 11) is 0. The van der Waals surface area contributed by atoms with Crippen molar-refractivity contribution in [3.63, 3.8) is 0 Å². The Labute approximate surface area is 135 Å². The Bertz CT molecular complexity index is 874. The number of aromatic nitrogens is 4. The maximum Gasteiger partial charge on any atom is 0.309 e. The highest BCUT2D eigenvalue weighted by molar-refractivity contribution is 5.80. The third-order valence-corrected chi connectivity index (χ3v) is 4.71. The Morgan fingerprint density at radius 1 is 1.42 bits per heavy atom. The third-order valence-electron chi connectivity index (χ3n) is 4.71. The molecule has 2 aromatic rings. The third kappa shape index (κ3) is 2.26. The summed E-state index contributed by atoms with van der Waals surface area (Å²) in [6.07, 6.45) is 2.40. The molecule has 24 heavy (non-hydrogen) atoms. The second kappa shape index (κ2) is 5.41. The number of amides is 1. The Kier molecular flexibility index (Phi) is 3.34. The van der Waals surface area contributed by atoms with Crippen molar-refractivity contribution in [3.05, 3.63) is 22.9 Å². The first-order valence-corrected chi connectivity index (χ1v) is 7.56. The zero-order chi connectivity index (χ0) is 16.8. The van der Waals surface area contributed by atoms with Crippen LogP contribution in [0.5, 0.6) is 0 Å². The first-order chi connectivity index (χ1) is 11.5. The number of aromatic amines is 1. The number of rotatable bonds is 3. The molecule has 0 spiro atoms. The van der Waals surface area contributed by atoms with Crippen molar-refractivity contribution in [2.45, 2.75) is 12.6 Å². The summed E-state index contributed by atoms with van der Waals surface area (Å²) in [6.45, 7) is 0.870. The summed E-state index contributed by atoms with van der Waals surface area (Å²) in [4.78, 5) is 43.4. The standard InChI is InChI=1S/C14H15N5O5/c20-11(4-19-12-7(1-17-19)13(21)16-6-15-12)18-2-8-9(14(22)23)5-24-10(8)3-18/h1,6,8-10H,2-5H2,(H,22,23)(H,15,16,21)/t8-,9-,10-/m1/s1. The SMILES string of the molecule is O=C(O)[C@@H]1CO[C@@H]2CN(C(=O)Cn3ncc4c(=O)[nH]cnc43)C[C@@H]21. The van der Waals surface area contributed by atoms with Crippen LogP contribution in [-0.4, -0.2) is 67.4 Å². The molecule has 2 aliphatic heterocycles. The quantitative estimate of drug-likeness (QED) is 0.712. The molecule has 10 nitrogen and oxygen atoms in total. The molecule has 0 radical (unpaired) electrons. The lowest BCUT2D eigenvalue weighted by molar-refractivity contribution is -0.143. The van der Waals surface area contributed by atoms with Gasteiger partial charge in [0.2, 0.25) is 5.91 Å². The molecule has 1 amide bonds. The van der Waals surface area contributed by atoms with Crippen LogP contribution in [-0.2, 0) is 20.9 Å². The lowest BCUT2D eigenvalue weighted by Crippen LogP contribution is -2.35. The van der Waals surface area contributed by atoms with E-state index in [1.165, 1.54) is 17.2 Å². The van der Waals surface area contributed by atoms with Crippen LogP contribution in [0.25, 0.3) is 11.0 Å². The monoisotopic (exact) mass is 333 g/mol. The molecule has 0 aliphatic carbocycles. The number of ether oxygens (including phenoxy) is 1. The van der Waals surface area contributed by atoms with Crippen molar-refractivity contribution >= 4 is 22.9 Å². The average molecular weight is 333 g/mol. The lowest BCUT2D eigenvalue weighted by atomic mass is 9.93. The van der Waals surface area contributed by atoms with E-state index in [4.69, 9.17) is 4.74 Å². The number of nitrogens with zero attached hydrogens (tertiary/aromatic N) is 4. The Morgan fingerprint density at radius 3 is 3.04 bits per heavy atom. The topological polar surface area (TPSA) is 130 Å². The van der Waals surface area contributed by atoms with Gasteiger partial charge in [-0.25, -0.2) is 9.67 Å². The molecule has 10 heteroatoms. The van der Waals surface area contributed by atoms with Gasteiger partial charge in [-0.15, -0.1) is 0 Å². The minimum Gasteiger partial charge on any atom is -0.481 e. The van der Waals surface area contributed by atoms with Gasteiger partial charge in [0.15, 0.2) is 5.65 Å². The molecule has 0 bridgehead atoms. The van der Waals surface area contributed by atoms with Gasteiger partial charge in [0.05, 0.1) is 31.2 Å². The van der Waals surface area contributed by atoms with E-state index in [9.17, 15) is 19.5 Å². The second-order valence-electron chi connectivity index (χ2n) is 6.05. The van der Waals surface area contributed by atoms with Crippen LogP contribution in [0, 0.1) is 11.8 Å². The van der Waals surface area contributed by atoms with Gasteiger partial charge < -0.3 is 19.7 Å². The molecular formula is C14H15N5O5.